The van der Waals surface area contributed by atoms with Crippen molar-refractivity contribution in [1.82, 2.24) is 4.31 Å². The Kier molecular flexibility index (Phi) is 4.88. The van der Waals surface area contributed by atoms with Crippen molar-refractivity contribution in [1.29, 1.82) is 0 Å². The molecule has 1 saturated heterocycles. The van der Waals surface area contributed by atoms with E-state index in [9.17, 15) is 12.8 Å². The quantitative estimate of drug-likeness (QED) is 0.856. The Morgan fingerprint density at radius 2 is 1.90 bits per heavy atom. The highest BCUT2D eigenvalue weighted by molar-refractivity contribution is 7.88. The van der Waals surface area contributed by atoms with Gasteiger partial charge >= 0.3 is 0 Å². The first kappa shape index (κ1) is 16.2. The van der Waals surface area contributed by atoms with Crippen LogP contribution in [-0.4, -0.2) is 45.7 Å². The number of sulfonamides is 1. The molecule has 0 unspecified atom stereocenters. The second-order valence-corrected chi connectivity index (χ2v) is 7.96. The zero-order chi connectivity index (χ0) is 15.6. The predicted molar refractivity (Wildman–Crippen MR) is 83.5 cm³/mol. The Morgan fingerprint density at radius 3 is 2.43 bits per heavy atom. The van der Waals surface area contributed by atoms with Crippen LogP contribution >= 0.6 is 0 Å². The van der Waals surface area contributed by atoms with Gasteiger partial charge in [0.15, 0.2) is 0 Å². The first-order valence-electron chi connectivity index (χ1n) is 7.19. The Labute approximate surface area is 126 Å². The first-order chi connectivity index (χ1) is 9.75. The predicted octanol–water partition coefficient (Wildman–Crippen LogP) is 2.24. The summed E-state index contributed by atoms with van der Waals surface area (Å²) in [5.41, 5.74) is 1.78. The maximum absolute atomic E-state index is 13.4. The topological polar surface area (TPSA) is 40.6 Å². The summed E-state index contributed by atoms with van der Waals surface area (Å²) in [7, 11) is -1.12. The molecule has 4 nitrogen and oxygen atoms in total. The van der Waals surface area contributed by atoms with Crippen molar-refractivity contribution in [2.24, 2.45) is 5.92 Å². The maximum atomic E-state index is 13.4. The molecule has 0 saturated carbocycles. The van der Waals surface area contributed by atoms with Gasteiger partial charge in [-0.1, -0.05) is 0 Å². The van der Waals surface area contributed by atoms with Crippen molar-refractivity contribution in [2.45, 2.75) is 19.8 Å². The van der Waals surface area contributed by atoms with Crippen molar-refractivity contribution in [3.05, 3.63) is 29.6 Å². The molecule has 0 spiro atoms. The van der Waals surface area contributed by atoms with Crippen LogP contribution in [0.3, 0.4) is 0 Å². The van der Waals surface area contributed by atoms with E-state index in [1.165, 1.54) is 16.6 Å². The number of nitrogens with zero attached hydrogens (tertiary/aromatic N) is 2. The molecule has 0 amide bonds. The summed E-state index contributed by atoms with van der Waals surface area (Å²) in [6.07, 6.45) is 2.96. The average Bonchev–Trinajstić information content (AvgIpc) is 2.37. The van der Waals surface area contributed by atoms with Gasteiger partial charge in [-0.3, -0.25) is 0 Å². The molecule has 0 radical (unpaired) electrons. The van der Waals surface area contributed by atoms with Crippen LogP contribution < -0.4 is 4.90 Å². The van der Waals surface area contributed by atoms with Gasteiger partial charge < -0.3 is 4.90 Å². The summed E-state index contributed by atoms with van der Waals surface area (Å²) in [5.74, 6) is 0.223. The fourth-order valence-electron chi connectivity index (χ4n) is 2.85. The average molecular weight is 314 g/mol. The van der Waals surface area contributed by atoms with Crippen molar-refractivity contribution < 1.29 is 12.8 Å². The van der Waals surface area contributed by atoms with Crippen LogP contribution in [-0.2, 0) is 10.0 Å². The fraction of sp³-hybridized carbons (Fsp3) is 0.600. The number of hydrogen-bond donors (Lipinski definition) is 0. The van der Waals surface area contributed by atoms with Crippen LogP contribution in [0.1, 0.15) is 18.4 Å². The smallest absolute Gasteiger partial charge is 0.211 e. The van der Waals surface area contributed by atoms with Crippen molar-refractivity contribution in [2.75, 3.05) is 37.8 Å². The van der Waals surface area contributed by atoms with Crippen LogP contribution in [0.4, 0.5) is 10.1 Å². The number of benzene rings is 1. The minimum Gasteiger partial charge on any atom is -0.374 e. The Bertz CT molecular complexity index is 575. The van der Waals surface area contributed by atoms with Crippen LogP contribution in [0, 0.1) is 18.7 Å². The molecule has 0 N–H and O–H groups in total. The number of piperidine rings is 1. The number of aryl methyl sites for hydroxylation is 1. The molecule has 6 heteroatoms. The third-order valence-corrected chi connectivity index (χ3v) is 5.35. The maximum Gasteiger partial charge on any atom is 0.211 e. The molecule has 0 atom stereocenters. The zero-order valence-corrected chi connectivity index (χ0v) is 13.7. The Hall–Kier alpha value is -1.14. The van der Waals surface area contributed by atoms with E-state index in [1.54, 1.807) is 6.07 Å². The Balaban J connectivity index is 1.94. The van der Waals surface area contributed by atoms with Gasteiger partial charge in [-0.2, -0.15) is 0 Å². The number of rotatable bonds is 4. The SMILES string of the molecule is Cc1cc(F)cc(N(C)CC2CCN(S(C)(=O)=O)CC2)c1. The third-order valence-electron chi connectivity index (χ3n) is 4.04. The minimum atomic E-state index is -3.07. The molecular formula is C15H23FN2O2S. The molecule has 1 aliphatic rings. The first-order valence-corrected chi connectivity index (χ1v) is 9.04. The third kappa shape index (κ3) is 4.41. The van der Waals surface area contributed by atoms with E-state index >= 15 is 0 Å². The molecular weight excluding hydrogens is 291 g/mol. The summed E-state index contributed by atoms with van der Waals surface area (Å²) in [5, 5.41) is 0. The summed E-state index contributed by atoms with van der Waals surface area (Å²) in [6.45, 7) is 3.87. The van der Waals surface area contributed by atoms with Gasteiger partial charge in [-0.05, 0) is 49.4 Å². The van der Waals surface area contributed by atoms with E-state index in [-0.39, 0.29) is 5.82 Å². The van der Waals surface area contributed by atoms with Crippen molar-refractivity contribution >= 4 is 15.7 Å². The number of anilines is 1. The molecule has 1 aromatic carbocycles. The largest absolute Gasteiger partial charge is 0.374 e. The molecule has 21 heavy (non-hydrogen) atoms. The highest BCUT2D eigenvalue weighted by atomic mass is 32.2. The molecule has 1 aromatic rings. The summed E-state index contributed by atoms with van der Waals surface area (Å²) in [6, 6.07) is 5.02. The molecule has 1 fully saturated rings. The molecule has 0 aliphatic carbocycles. The van der Waals surface area contributed by atoms with Crippen molar-refractivity contribution in [3.8, 4) is 0 Å². The van der Waals surface area contributed by atoms with Crippen LogP contribution in [0.2, 0.25) is 0 Å². The highest BCUT2D eigenvalue weighted by Crippen LogP contribution is 2.23. The van der Waals surface area contributed by atoms with Crippen LogP contribution in [0.5, 0.6) is 0 Å². The minimum absolute atomic E-state index is 0.219. The van der Waals surface area contributed by atoms with Gasteiger partial charge in [0.1, 0.15) is 5.82 Å². The van der Waals surface area contributed by atoms with Gasteiger partial charge in [0, 0.05) is 32.4 Å². The molecule has 1 heterocycles. The monoisotopic (exact) mass is 314 g/mol. The van der Waals surface area contributed by atoms with Gasteiger partial charge in [0.05, 0.1) is 6.26 Å². The zero-order valence-electron chi connectivity index (χ0n) is 12.8. The van der Waals surface area contributed by atoms with E-state index in [2.05, 4.69) is 4.90 Å². The normalized spacial score (nSPS) is 17.9. The molecule has 0 bridgehead atoms. The number of halogens is 1. The van der Waals surface area contributed by atoms with Crippen LogP contribution in [0.25, 0.3) is 0 Å². The van der Waals surface area contributed by atoms with E-state index < -0.39 is 10.0 Å². The van der Waals surface area contributed by atoms with Crippen LogP contribution in [0.15, 0.2) is 18.2 Å². The summed E-state index contributed by atoms with van der Waals surface area (Å²) >= 11 is 0. The second kappa shape index (κ2) is 6.32. The van der Waals surface area contributed by atoms with E-state index in [1.807, 2.05) is 20.0 Å². The van der Waals surface area contributed by atoms with Gasteiger partial charge in [-0.25, -0.2) is 17.1 Å². The number of hydrogen-bond acceptors (Lipinski definition) is 3. The lowest BCUT2D eigenvalue weighted by Crippen LogP contribution is -2.40. The summed E-state index contributed by atoms with van der Waals surface area (Å²) in [4.78, 5) is 2.05. The second-order valence-electron chi connectivity index (χ2n) is 5.97. The highest BCUT2D eigenvalue weighted by Gasteiger charge is 2.25. The standard InChI is InChI=1S/C15H23FN2O2S/c1-12-8-14(16)10-15(9-12)17(2)11-13-4-6-18(7-5-13)21(3,19)20/h8-10,13H,4-7,11H2,1-3H3. The molecule has 118 valence electrons. The van der Waals surface area contributed by atoms with Crippen molar-refractivity contribution in [3.63, 3.8) is 0 Å². The molecule has 2 rings (SSSR count). The van der Waals surface area contributed by atoms with Gasteiger partial charge in [-0.15, -0.1) is 0 Å². The molecule has 0 aromatic heterocycles. The lowest BCUT2D eigenvalue weighted by atomic mass is 9.97. The lowest BCUT2D eigenvalue weighted by Gasteiger charge is -2.33. The van der Waals surface area contributed by atoms with Gasteiger partial charge in [0.25, 0.3) is 0 Å². The van der Waals surface area contributed by atoms with Gasteiger partial charge in [0.2, 0.25) is 10.0 Å². The Morgan fingerprint density at radius 1 is 1.29 bits per heavy atom. The molecule has 1 aliphatic heterocycles. The van der Waals surface area contributed by atoms with E-state index in [0.29, 0.717) is 19.0 Å². The lowest BCUT2D eigenvalue weighted by molar-refractivity contribution is 0.278. The summed E-state index contributed by atoms with van der Waals surface area (Å²) < 4.78 is 38.0. The fourth-order valence-corrected chi connectivity index (χ4v) is 3.73. The van der Waals surface area contributed by atoms with E-state index in [4.69, 9.17) is 0 Å². The van der Waals surface area contributed by atoms with E-state index in [0.717, 1.165) is 30.6 Å².